The molecule has 42 heavy (non-hydrogen) atoms. The zero-order valence-electron chi connectivity index (χ0n) is 23.7. The molecule has 0 bridgehead atoms. The number of carbonyl (C=O) groups is 2. The van der Waals surface area contributed by atoms with Gasteiger partial charge in [-0.2, -0.15) is 13.2 Å². The van der Waals surface area contributed by atoms with Crippen molar-refractivity contribution in [1.82, 2.24) is 14.8 Å². The van der Waals surface area contributed by atoms with E-state index in [-0.39, 0.29) is 23.5 Å². The minimum Gasteiger partial charge on any atom is -0.383 e. The molecule has 220 valence electrons. The lowest BCUT2D eigenvalue weighted by Crippen LogP contribution is -2.44. The Morgan fingerprint density at radius 3 is 2.52 bits per heavy atom. The number of carbonyl (C=O) groups excluding carboxylic acids is 2. The van der Waals surface area contributed by atoms with E-state index in [0.717, 1.165) is 47.2 Å². The highest BCUT2D eigenvalue weighted by Gasteiger charge is 2.34. The monoisotopic (exact) mass is 577 g/mol. The number of anilines is 2. The third kappa shape index (κ3) is 7.24. The second kappa shape index (κ2) is 12.5. The van der Waals surface area contributed by atoms with E-state index in [1.165, 1.54) is 12.1 Å². The van der Waals surface area contributed by atoms with Crippen LogP contribution in [0.2, 0.25) is 0 Å². The summed E-state index contributed by atoms with van der Waals surface area (Å²) in [4.78, 5) is 33.2. The zero-order valence-corrected chi connectivity index (χ0v) is 23.7. The van der Waals surface area contributed by atoms with Gasteiger partial charge in [0.1, 0.15) is 0 Å². The lowest BCUT2D eigenvalue weighted by atomic mass is 10.0. The maximum atomic E-state index is 14.0. The number of hydrogen-bond donors (Lipinski definition) is 2. The topological polar surface area (TPSA) is 77.6 Å². The summed E-state index contributed by atoms with van der Waals surface area (Å²) in [6.45, 7) is 5.37. The number of piperazine rings is 1. The molecule has 0 spiro atoms. The molecule has 1 aliphatic carbocycles. The van der Waals surface area contributed by atoms with E-state index in [1.54, 1.807) is 25.3 Å². The molecular weight excluding hydrogens is 543 g/mol. The van der Waals surface area contributed by atoms with Crippen LogP contribution >= 0.6 is 0 Å². The van der Waals surface area contributed by atoms with Gasteiger partial charge in [0.15, 0.2) is 5.78 Å². The number of Topliss-reactive ketones (excluding diaryl/α,β-unsaturated/α-hetero) is 1. The van der Waals surface area contributed by atoms with Crippen LogP contribution in [0, 0.1) is 0 Å². The van der Waals surface area contributed by atoms with E-state index in [0.29, 0.717) is 38.2 Å². The third-order valence-corrected chi connectivity index (χ3v) is 7.74. The van der Waals surface area contributed by atoms with Crippen LogP contribution in [0.15, 0.2) is 60.3 Å². The minimum absolute atomic E-state index is 0.0392. The van der Waals surface area contributed by atoms with Crippen molar-refractivity contribution in [3.05, 3.63) is 93.8 Å². The average molecular weight is 578 g/mol. The maximum absolute atomic E-state index is 14.0. The molecule has 1 saturated heterocycles. The number of benzene rings is 2. The second-order valence-corrected chi connectivity index (χ2v) is 10.9. The van der Waals surface area contributed by atoms with E-state index >= 15 is 0 Å². The first-order valence-corrected chi connectivity index (χ1v) is 14.0. The Labute approximate surface area is 243 Å². The Kier molecular flexibility index (Phi) is 8.74. The molecule has 2 aromatic carbocycles. The number of alkyl halides is 3. The maximum Gasteiger partial charge on any atom is 0.416 e. The number of fused-ring (bicyclic) bond motifs is 1. The molecule has 0 unspecified atom stereocenters. The number of amides is 1. The quantitative estimate of drug-likeness (QED) is 0.360. The van der Waals surface area contributed by atoms with Crippen LogP contribution < -0.4 is 10.6 Å². The first kappa shape index (κ1) is 29.5. The molecule has 2 heterocycles. The number of hydrogen-bond acceptors (Lipinski definition) is 6. The number of pyridine rings is 1. The van der Waals surface area contributed by atoms with Crippen LogP contribution in [-0.4, -0.2) is 66.2 Å². The molecule has 0 saturated carbocycles. The highest BCUT2D eigenvalue weighted by Crippen LogP contribution is 2.34. The number of likely N-dealkylation sites (N-methyl/N-ethyl adjacent to an activating group) is 1. The van der Waals surface area contributed by atoms with Gasteiger partial charge in [-0.15, -0.1) is 0 Å². The Morgan fingerprint density at radius 2 is 1.79 bits per heavy atom. The molecule has 1 aromatic heterocycles. The summed E-state index contributed by atoms with van der Waals surface area (Å²) in [5.41, 5.74) is 4.25. The van der Waals surface area contributed by atoms with Crippen molar-refractivity contribution in [2.24, 2.45) is 0 Å². The van der Waals surface area contributed by atoms with Crippen LogP contribution in [0.4, 0.5) is 24.5 Å². The second-order valence-electron chi connectivity index (χ2n) is 10.9. The smallest absolute Gasteiger partial charge is 0.383 e. The fraction of sp³-hybridized carbons (Fsp3) is 0.344. The van der Waals surface area contributed by atoms with E-state index in [1.807, 2.05) is 36.2 Å². The summed E-state index contributed by atoms with van der Waals surface area (Å²) < 4.78 is 41.9. The molecule has 0 radical (unpaired) electrons. The first-order valence-electron chi connectivity index (χ1n) is 14.0. The van der Waals surface area contributed by atoms with Crippen LogP contribution in [0.25, 0.3) is 6.08 Å². The summed E-state index contributed by atoms with van der Waals surface area (Å²) in [5, 5.41) is 6.08. The van der Waals surface area contributed by atoms with Crippen molar-refractivity contribution in [3.8, 4) is 0 Å². The molecule has 1 fully saturated rings. The fourth-order valence-electron chi connectivity index (χ4n) is 5.25. The molecule has 2 aliphatic rings. The van der Waals surface area contributed by atoms with E-state index in [2.05, 4.69) is 20.5 Å². The van der Waals surface area contributed by atoms with Crippen molar-refractivity contribution in [2.75, 3.05) is 50.4 Å². The van der Waals surface area contributed by atoms with E-state index in [9.17, 15) is 22.8 Å². The highest BCUT2D eigenvalue weighted by atomic mass is 19.4. The molecule has 10 heteroatoms. The predicted molar refractivity (Wildman–Crippen MR) is 157 cm³/mol. The molecule has 2 N–H and O–H groups in total. The molecule has 7 nitrogen and oxygen atoms in total. The number of ketones is 1. The fourth-order valence-corrected chi connectivity index (χ4v) is 5.25. The van der Waals surface area contributed by atoms with Crippen molar-refractivity contribution < 1.29 is 22.8 Å². The number of allylic oxidation sites excluding steroid dienone is 1. The van der Waals surface area contributed by atoms with Crippen LogP contribution in [0.1, 0.15) is 45.2 Å². The largest absolute Gasteiger partial charge is 0.416 e. The van der Waals surface area contributed by atoms with E-state index in [4.69, 9.17) is 0 Å². The summed E-state index contributed by atoms with van der Waals surface area (Å²) in [6, 6.07) is 13.1. The summed E-state index contributed by atoms with van der Waals surface area (Å²) in [6.07, 6.45) is 0.264. The first-order chi connectivity index (χ1) is 20.0. The van der Waals surface area contributed by atoms with Gasteiger partial charge in [-0.25, -0.2) is 0 Å². The number of nitrogens with zero attached hydrogens (tertiary/aromatic N) is 3. The van der Waals surface area contributed by atoms with Gasteiger partial charge in [0, 0.05) is 62.5 Å². The van der Waals surface area contributed by atoms with Gasteiger partial charge in [0.25, 0.3) is 5.91 Å². The van der Waals surface area contributed by atoms with Crippen molar-refractivity contribution in [3.63, 3.8) is 0 Å². The molecule has 1 amide bonds. The van der Waals surface area contributed by atoms with Crippen LogP contribution in [-0.2, 0) is 30.4 Å². The summed E-state index contributed by atoms with van der Waals surface area (Å²) in [5.74, 6) is -0.544. The van der Waals surface area contributed by atoms with Gasteiger partial charge >= 0.3 is 6.18 Å². The van der Waals surface area contributed by atoms with Gasteiger partial charge in [-0.1, -0.05) is 18.2 Å². The SMILES string of the molecule is CC(=O)C1=Cc2cc(NCCc3cccc(NC(=O)c4ccc(CN5CCN(C)CC5)c(C(F)(F)F)c4)c3)cnc2C1. The molecule has 5 rings (SSSR count). The lowest BCUT2D eigenvalue weighted by molar-refractivity contribution is -0.138. The van der Waals surface area contributed by atoms with Crippen LogP contribution in [0.3, 0.4) is 0 Å². The third-order valence-electron chi connectivity index (χ3n) is 7.74. The van der Waals surface area contributed by atoms with Gasteiger partial charge < -0.3 is 15.5 Å². The standard InChI is InChI=1S/C32H34F3N5O2/c1-21(41)25-15-26-16-28(19-37-30(26)18-25)36-9-8-22-4-3-5-27(14-22)38-31(42)23-6-7-24(29(17-23)32(33,34)35)20-40-12-10-39(2)11-13-40/h3-7,14-17,19,36H,8-13,18,20H2,1-2H3,(H,38,42). The number of aromatic nitrogens is 1. The predicted octanol–water partition coefficient (Wildman–Crippen LogP) is 5.28. The van der Waals surface area contributed by atoms with Crippen molar-refractivity contribution in [2.45, 2.75) is 32.5 Å². The Bertz CT molecular complexity index is 1510. The lowest BCUT2D eigenvalue weighted by Gasteiger charge is -2.33. The summed E-state index contributed by atoms with van der Waals surface area (Å²) >= 11 is 0. The Balaban J connectivity index is 1.20. The van der Waals surface area contributed by atoms with Crippen molar-refractivity contribution in [1.29, 1.82) is 0 Å². The number of rotatable bonds is 9. The molecule has 0 atom stereocenters. The average Bonchev–Trinajstić information content (AvgIpc) is 3.38. The molecule has 3 aromatic rings. The number of halogens is 3. The Morgan fingerprint density at radius 1 is 1.00 bits per heavy atom. The molecule has 1 aliphatic heterocycles. The van der Waals surface area contributed by atoms with Gasteiger partial charge in [-0.3, -0.25) is 19.5 Å². The normalized spacial score (nSPS) is 15.7. The van der Waals surface area contributed by atoms with Gasteiger partial charge in [0.05, 0.1) is 23.1 Å². The van der Waals surface area contributed by atoms with Gasteiger partial charge in [0.2, 0.25) is 0 Å². The van der Waals surface area contributed by atoms with Crippen molar-refractivity contribution >= 4 is 29.1 Å². The highest BCUT2D eigenvalue weighted by molar-refractivity contribution is 6.04. The van der Waals surface area contributed by atoms with Gasteiger partial charge in [-0.05, 0) is 73.5 Å². The van der Waals surface area contributed by atoms with Crippen LogP contribution in [0.5, 0.6) is 0 Å². The number of nitrogens with one attached hydrogen (secondary N) is 2. The van der Waals surface area contributed by atoms with E-state index < -0.39 is 17.6 Å². The Hall–Kier alpha value is -4.02. The zero-order chi connectivity index (χ0) is 29.9. The minimum atomic E-state index is -4.56. The molecular formula is C32H34F3N5O2. The summed E-state index contributed by atoms with van der Waals surface area (Å²) in [7, 11) is 2.00.